The molecule has 1 fully saturated rings. The molecule has 0 saturated carbocycles. The zero-order valence-corrected chi connectivity index (χ0v) is 17.2. The van der Waals surface area contributed by atoms with Crippen LogP contribution in [0.5, 0.6) is 0 Å². The first-order valence-electron chi connectivity index (χ1n) is 9.24. The van der Waals surface area contributed by atoms with E-state index < -0.39 is 4.92 Å². The molecule has 154 valence electrons. The minimum absolute atomic E-state index is 0.0118. The molecule has 2 unspecified atom stereocenters. The highest BCUT2D eigenvalue weighted by Gasteiger charge is 2.26. The first-order chi connectivity index (χ1) is 13.9. The van der Waals surface area contributed by atoms with Crippen LogP contribution in [0, 0.1) is 10.1 Å². The number of hydrogen-bond donors (Lipinski definition) is 0. The van der Waals surface area contributed by atoms with E-state index in [1.807, 2.05) is 23.3 Å². The van der Waals surface area contributed by atoms with Crippen molar-refractivity contribution in [2.45, 2.75) is 37.8 Å². The van der Waals surface area contributed by atoms with Gasteiger partial charge in [0.25, 0.3) is 5.69 Å². The van der Waals surface area contributed by atoms with Crippen LogP contribution in [-0.4, -0.2) is 61.5 Å². The maximum absolute atomic E-state index is 12.6. The zero-order chi connectivity index (χ0) is 21.0. The summed E-state index contributed by atoms with van der Waals surface area (Å²) in [5.41, 5.74) is 0.719. The van der Waals surface area contributed by atoms with E-state index in [-0.39, 0.29) is 29.6 Å². The SMILES string of the molecule is C=CCn1c(SCC(=O)N2CC(C)OC(C)C2)nnc1-c1ccc([N+](=O)[O-])cc1. The molecule has 2 heterocycles. The van der Waals surface area contributed by atoms with E-state index >= 15 is 0 Å². The molecule has 1 aromatic heterocycles. The van der Waals surface area contributed by atoms with Gasteiger partial charge >= 0.3 is 0 Å². The summed E-state index contributed by atoms with van der Waals surface area (Å²) in [6.45, 7) is 9.31. The fourth-order valence-electron chi connectivity index (χ4n) is 3.23. The number of amides is 1. The number of nitro groups is 1. The quantitative estimate of drug-likeness (QED) is 0.295. The Morgan fingerprint density at radius 1 is 1.31 bits per heavy atom. The van der Waals surface area contributed by atoms with Gasteiger partial charge in [-0.25, -0.2) is 0 Å². The minimum Gasteiger partial charge on any atom is -0.372 e. The molecule has 1 aliphatic heterocycles. The first-order valence-corrected chi connectivity index (χ1v) is 10.2. The lowest BCUT2D eigenvalue weighted by atomic mass is 10.2. The van der Waals surface area contributed by atoms with E-state index in [9.17, 15) is 14.9 Å². The van der Waals surface area contributed by atoms with Gasteiger partial charge in [0.15, 0.2) is 11.0 Å². The van der Waals surface area contributed by atoms with E-state index in [0.29, 0.717) is 36.2 Å². The minimum atomic E-state index is -0.446. The van der Waals surface area contributed by atoms with E-state index in [0.717, 1.165) is 0 Å². The fraction of sp³-hybridized carbons (Fsp3) is 0.421. The third-order valence-corrected chi connectivity index (χ3v) is 5.41. The highest BCUT2D eigenvalue weighted by Crippen LogP contribution is 2.26. The van der Waals surface area contributed by atoms with Gasteiger partial charge in [-0.05, 0) is 26.0 Å². The normalized spacial score (nSPS) is 19.2. The second-order valence-corrected chi connectivity index (χ2v) is 7.80. The molecule has 2 atom stereocenters. The Morgan fingerprint density at radius 3 is 2.55 bits per heavy atom. The van der Waals surface area contributed by atoms with Crippen molar-refractivity contribution in [2.24, 2.45) is 0 Å². The summed E-state index contributed by atoms with van der Waals surface area (Å²) in [6.07, 6.45) is 1.76. The summed E-state index contributed by atoms with van der Waals surface area (Å²) in [5.74, 6) is 0.847. The Bertz CT molecular complexity index is 889. The van der Waals surface area contributed by atoms with Crippen molar-refractivity contribution in [3.05, 3.63) is 47.0 Å². The van der Waals surface area contributed by atoms with Gasteiger partial charge in [0.05, 0.1) is 22.9 Å². The number of carbonyl (C=O) groups excluding carboxylic acids is 1. The van der Waals surface area contributed by atoms with Crippen molar-refractivity contribution >= 4 is 23.4 Å². The molecule has 0 bridgehead atoms. The predicted octanol–water partition coefficient (Wildman–Crippen LogP) is 2.77. The third-order valence-electron chi connectivity index (χ3n) is 4.46. The zero-order valence-electron chi connectivity index (χ0n) is 16.4. The van der Waals surface area contributed by atoms with Crippen LogP contribution in [0.25, 0.3) is 11.4 Å². The van der Waals surface area contributed by atoms with Gasteiger partial charge in [0.1, 0.15) is 0 Å². The molecule has 1 saturated heterocycles. The van der Waals surface area contributed by atoms with Crippen molar-refractivity contribution in [3.8, 4) is 11.4 Å². The molecule has 9 nitrogen and oxygen atoms in total. The number of thioether (sulfide) groups is 1. The first kappa shape index (κ1) is 21.0. The number of ether oxygens (including phenoxy) is 1. The van der Waals surface area contributed by atoms with Crippen molar-refractivity contribution < 1.29 is 14.5 Å². The molecular formula is C19H23N5O4S. The summed E-state index contributed by atoms with van der Waals surface area (Å²) >= 11 is 1.32. The number of non-ortho nitro benzene ring substituents is 1. The Kier molecular flexibility index (Phi) is 6.65. The lowest BCUT2D eigenvalue weighted by Gasteiger charge is -2.35. The van der Waals surface area contributed by atoms with Crippen molar-refractivity contribution in [2.75, 3.05) is 18.8 Å². The largest absolute Gasteiger partial charge is 0.372 e. The molecule has 0 spiro atoms. The van der Waals surface area contributed by atoms with Crippen LogP contribution in [0.3, 0.4) is 0 Å². The molecule has 0 aliphatic carbocycles. The standard InChI is InChI=1S/C19H23N5O4S/c1-4-9-23-18(15-5-7-16(8-6-15)24(26)27)20-21-19(23)29-12-17(25)22-10-13(2)28-14(3)11-22/h4-8,13-14H,1,9-12H2,2-3H3. The smallest absolute Gasteiger partial charge is 0.269 e. The third kappa shape index (κ3) is 5.01. The van der Waals surface area contributed by atoms with Gasteiger partial charge in [0.2, 0.25) is 5.91 Å². The van der Waals surface area contributed by atoms with Crippen LogP contribution in [0.1, 0.15) is 13.8 Å². The van der Waals surface area contributed by atoms with Crippen LogP contribution in [-0.2, 0) is 16.1 Å². The molecule has 2 aromatic rings. The number of nitro benzene ring substituents is 1. The van der Waals surface area contributed by atoms with Crippen LogP contribution in [0.15, 0.2) is 42.1 Å². The lowest BCUT2D eigenvalue weighted by molar-refractivity contribution is -0.384. The van der Waals surface area contributed by atoms with E-state index in [4.69, 9.17) is 4.74 Å². The second kappa shape index (κ2) is 9.19. The number of allylic oxidation sites excluding steroid dienone is 1. The monoisotopic (exact) mass is 417 g/mol. The highest BCUT2D eigenvalue weighted by atomic mass is 32.2. The molecule has 3 rings (SSSR count). The van der Waals surface area contributed by atoms with E-state index in [1.165, 1.54) is 23.9 Å². The van der Waals surface area contributed by atoms with Gasteiger partial charge in [-0.15, -0.1) is 16.8 Å². The number of aromatic nitrogens is 3. The Labute approximate surface area is 172 Å². The number of benzene rings is 1. The summed E-state index contributed by atoms with van der Waals surface area (Å²) in [7, 11) is 0. The highest BCUT2D eigenvalue weighted by molar-refractivity contribution is 7.99. The summed E-state index contributed by atoms with van der Waals surface area (Å²) in [5, 5.41) is 19.9. The summed E-state index contributed by atoms with van der Waals surface area (Å²) in [4.78, 5) is 24.8. The number of morpholine rings is 1. The molecule has 29 heavy (non-hydrogen) atoms. The van der Waals surface area contributed by atoms with Crippen LogP contribution in [0.4, 0.5) is 5.69 Å². The molecular weight excluding hydrogens is 394 g/mol. The Hall–Kier alpha value is -2.72. The van der Waals surface area contributed by atoms with Gasteiger partial charge in [-0.2, -0.15) is 0 Å². The van der Waals surface area contributed by atoms with Crippen LogP contribution >= 0.6 is 11.8 Å². The van der Waals surface area contributed by atoms with Gasteiger partial charge < -0.3 is 9.64 Å². The number of hydrogen-bond acceptors (Lipinski definition) is 7. The second-order valence-electron chi connectivity index (χ2n) is 6.85. The molecule has 1 aromatic carbocycles. The summed E-state index contributed by atoms with van der Waals surface area (Å²) < 4.78 is 7.52. The van der Waals surface area contributed by atoms with Crippen LogP contribution < -0.4 is 0 Å². The van der Waals surface area contributed by atoms with Gasteiger partial charge in [0, 0.05) is 37.3 Å². The average Bonchev–Trinajstić information content (AvgIpc) is 3.08. The predicted molar refractivity (Wildman–Crippen MR) is 110 cm³/mol. The lowest BCUT2D eigenvalue weighted by Crippen LogP contribution is -2.48. The van der Waals surface area contributed by atoms with Crippen molar-refractivity contribution in [1.29, 1.82) is 0 Å². The molecule has 0 N–H and O–H groups in total. The van der Waals surface area contributed by atoms with Gasteiger partial charge in [-0.1, -0.05) is 17.8 Å². The molecule has 0 radical (unpaired) electrons. The van der Waals surface area contributed by atoms with Crippen LogP contribution in [0.2, 0.25) is 0 Å². The summed E-state index contributed by atoms with van der Waals surface area (Å²) in [6, 6.07) is 6.13. The fourth-order valence-corrected chi connectivity index (χ4v) is 4.08. The number of nitrogens with zero attached hydrogens (tertiary/aromatic N) is 5. The maximum atomic E-state index is 12.6. The molecule has 10 heteroatoms. The number of rotatable bonds is 7. The Balaban J connectivity index is 1.73. The molecule has 1 amide bonds. The van der Waals surface area contributed by atoms with E-state index in [2.05, 4.69) is 16.8 Å². The van der Waals surface area contributed by atoms with Crippen molar-refractivity contribution in [3.63, 3.8) is 0 Å². The number of carbonyl (C=O) groups is 1. The van der Waals surface area contributed by atoms with Crippen molar-refractivity contribution in [1.82, 2.24) is 19.7 Å². The van der Waals surface area contributed by atoms with Gasteiger partial charge in [-0.3, -0.25) is 19.5 Å². The van der Waals surface area contributed by atoms with E-state index in [1.54, 1.807) is 18.2 Å². The molecule has 1 aliphatic rings. The Morgan fingerprint density at radius 2 is 1.97 bits per heavy atom. The topological polar surface area (TPSA) is 103 Å². The maximum Gasteiger partial charge on any atom is 0.269 e. The average molecular weight is 417 g/mol.